The average Bonchev–Trinajstić information content (AvgIpc) is 3.31. The van der Waals surface area contributed by atoms with Crippen molar-refractivity contribution in [1.82, 2.24) is 0 Å². The van der Waals surface area contributed by atoms with Crippen molar-refractivity contribution in [3.05, 3.63) is 59.7 Å². The van der Waals surface area contributed by atoms with E-state index in [4.69, 9.17) is 0 Å². The smallest absolute Gasteiger partial charge is 0.140 e. The van der Waals surface area contributed by atoms with Crippen LogP contribution in [0.4, 0.5) is 0 Å². The van der Waals surface area contributed by atoms with E-state index >= 15 is 0 Å². The molecule has 2 aromatic rings. The fourth-order valence-corrected chi connectivity index (χ4v) is 3.23. The largest absolute Gasteiger partial charge is 0.299 e. The maximum Gasteiger partial charge on any atom is 0.140 e. The van der Waals surface area contributed by atoms with E-state index in [0.29, 0.717) is 5.92 Å². The van der Waals surface area contributed by atoms with Crippen LogP contribution < -0.4 is 0 Å². The highest BCUT2D eigenvalue weighted by atomic mass is 16.1. The third-order valence-electron chi connectivity index (χ3n) is 4.94. The monoisotopic (exact) mass is 278 g/mol. The highest BCUT2D eigenvalue weighted by Crippen LogP contribution is 2.48. The maximum absolute atomic E-state index is 12.2. The van der Waals surface area contributed by atoms with Crippen molar-refractivity contribution in [2.24, 2.45) is 5.92 Å². The lowest BCUT2D eigenvalue weighted by Gasteiger charge is -2.28. The Hall–Kier alpha value is -1.89. The summed E-state index contributed by atoms with van der Waals surface area (Å²) in [6.45, 7) is 5.96. The Morgan fingerprint density at radius 3 is 2.24 bits per heavy atom. The standard InChI is InChI=1S/C20H22O/c1-14-6-4-7-16(12-14)17-8-5-9-19(13-17)20(3,15(2)21)18-10-11-18/h4-9,12-13,18H,10-11H2,1-3H3. The van der Waals surface area contributed by atoms with Crippen LogP contribution in [0.15, 0.2) is 48.5 Å². The molecule has 0 aromatic heterocycles. The summed E-state index contributed by atoms with van der Waals surface area (Å²) >= 11 is 0. The molecular weight excluding hydrogens is 256 g/mol. The second-order valence-corrected chi connectivity index (χ2v) is 6.48. The summed E-state index contributed by atoms with van der Waals surface area (Å²) in [5, 5.41) is 0. The lowest BCUT2D eigenvalue weighted by Crippen LogP contribution is -2.33. The van der Waals surface area contributed by atoms with Gasteiger partial charge in [0, 0.05) is 0 Å². The van der Waals surface area contributed by atoms with Crippen LogP contribution in [0.3, 0.4) is 0 Å². The minimum Gasteiger partial charge on any atom is -0.299 e. The summed E-state index contributed by atoms with van der Waals surface area (Å²) in [6.07, 6.45) is 2.34. The molecule has 1 saturated carbocycles. The van der Waals surface area contributed by atoms with Crippen molar-refractivity contribution in [3.63, 3.8) is 0 Å². The van der Waals surface area contributed by atoms with Gasteiger partial charge in [-0.1, -0.05) is 54.1 Å². The van der Waals surface area contributed by atoms with E-state index in [2.05, 4.69) is 62.4 Å². The summed E-state index contributed by atoms with van der Waals surface area (Å²) in [6, 6.07) is 17.0. The molecule has 1 aliphatic rings. The number of rotatable bonds is 4. The number of aryl methyl sites for hydroxylation is 1. The lowest BCUT2D eigenvalue weighted by atomic mass is 9.74. The van der Waals surface area contributed by atoms with Crippen LogP contribution in [-0.2, 0) is 10.2 Å². The van der Waals surface area contributed by atoms with E-state index in [9.17, 15) is 4.79 Å². The van der Waals surface area contributed by atoms with E-state index in [0.717, 1.165) is 5.56 Å². The Labute approximate surface area is 127 Å². The number of Topliss-reactive ketones (excluding diaryl/α,β-unsaturated/α-hetero) is 1. The molecule has 0 amide bonds. The molecule has 108 valence electrons. The number of carbonyl (C=O) groups excluding carboxylic acids is 1. The van der Waals surface area contributed by atoms with Gasteiger partial charge >= 0.3 is 0 Å². The summed E-state index contributed by atoms with van der Waals surface area (Å²) < 4.78 is 0. The number of ketones is 1. The van der Waals surface area contributed by atoms with Gasteiger partial charge in [0.1, 0.15) is 5.78 Å². The fourth-order valence-electron chi connectivity index (χ4n) is 3.23. The molecule has 1 nitrogen and oxygen atoms in total. The van der Waals surface area contributed by atoms with Crippen LogP contribution in [0.1, 0.15) is 37.8 Å². The summed E-state index contributed by atoms with van der Waals surface area (Å²) in [7, 11) is 0. The van der Waals surface area contributed by atoms with Crippen molar-refractivity contribution in [1.29, 1.82) is 0 Å². The molecule has 1 aliphatic carbocycles. The topological polar surface area (TPSA) is 17.1 Å². The van der Waals surface area contributed by atoms with Crippen molar-refractivity contribution in [3.8, 4) is 11.1 Å². The predicted octanol–water partition coefficient (Wildman–Crippen LogP) is 4.92. The van der Waals surface area contributed by atoms with Crippen molar-refractivity contribution >= 4 is 5.78 Å². The van der Waals surface area contributed by atoms with E-state index < -0.39 is 0 Å². The zero-order valence-electron chi connectivity index (χ0n) is 13.0. The normalized spacial score (nSPS) is 17.3. The number of carbonyl (C=O) groups is 1. The van der Waals surface area contributed by atoms with Gasteiger partial charge in [0.2, 0.25) is 0 Å². The Balaban J connectivity index is 2.06. The van der Waals surface area contributed by atoms with Crippen molar-refractivity contribution in [2.45, 2.75) is 39.0 Å². The van der Waals surface area contributed by atoms with Crippen molar-refractivity contribution < 1.29 is 4.79 Å². The van der Waals surface area contributed by atoms with Gasteiger partial charge in [-0.2, -0.15) is 0 Å². The fraction of sp³-hybridized carbons (Fsp3) is 0.350. The molecule has 1 heteroatoms. The lowest BCUT2D eigenvalue weighted by molar-refractivity contribution is -0.122. The van der Waals surface area contributed by atoms with Gasteiger partial charge in [-0.05, 0) is 56.2 Å². The van der Waals surface area contributed by atoms with Gasteiger partial charge in [0.15, 0.2) is 0 Å². The summed E-state index contributed by atoms with van der Waals surface area (Å²) in [5.41, 5.74) is 4.52. The molecule has 1 fully saturated rings. The number of hydrogen-bond donors (Lipinski definition) is 0. The molecule has 21 heavy (non-hydrogen) atoms. The van der Waals surface area contributed by atoms with Gasteiger partial charge in [-0.15, -0.1) is 0 Å². The zero-order valence-corrected chi connectivity index (χ0v) is 13.0. The quantitative estimate of drug-likeness (QED) is 0.776. The summed E-state index contributed by atoms with van der Waals surface area (Å²) in [5.74, 6) is 0.800. The van der Waals surface area contributed by atoms with Crippen LogP contribution in [-0.4, -0.2) is 5.78 Å². The minimum atomic E-state index is -0.320. The molecule has 3 rings (SSSR count). The van der Waals surface area contributed by atoms with Crippen LogP contribution in [0.25, 0.3) is 11.1 Å². The molecule has 1 atom stereocenters. The Morgan fingerprint density at radius 1 is 1.05 bits per heavy atom. The SMILES string of the molecule is CC(=O)C(C)(c1cccc(-c2cccc(C)c2)c1)C1CC1. The van der Waals surface area contributed by atoms with Crippen LogP contribution in [0.2, 0.25) is 0 Å². The molecule has 0 spiro atoms. The van der Waals surface area contributed by atoms with E-state index in [-0.39, 0.29) is 11.2 Å². The highest BCUT2D eigenvalue weighted by Gasteiger charge is 2.46. The average molecular weight is 278 g/mol. The molecule has 2 aromatic carbocycles. The first-order valence-corrected chi connectivity index (χ1v) is 7.70. The molecule has 0 aliphatic heterocycles. The third kappa shape index (κ3) is 2.53. The van der Waals surface area contributed by atoms with Gasteiger partial charge in [-0.3, -0.25) is 4.79 Å². The third-order valence-corrected chi connectivity index (χ3v) is 4.94. The molecule has 1 unspecified atom stereocenters. The zero-order chi connectivity index (χ0) is 15.0. The van der Waals surface area contributed by atoms with Crippen molar-refractivity contribution in [2.75, 3.05) is 0 Å². The van der Waals surface area contributed by atoms with E-state index in [1.54, 1.807) is 6.92 Å². The van der Waals surface area contributed by atoms with Gasteiger partial charge in [0.05, 0.1) is 5.41 Å². The first-order chi connectivity index (χ1) is 10.0. The second-order valence-electron chi connectivity index (χ2n) is 6.48. The van der Waals surface area contributed by atoms with Gasteiger partial charge < -0.3 is 0 Å². The van der Waals surface area contributed by atoms with Crippen LogP contribution in [0, 0.1) is 12.8 Å². The van der Waals surface area contributed by atoms with Crippen LogP contribution >= 0.6 is 0 Å². The van der Waals surface area contributed by atoms with E-state index in [1.165, 1.54) is 29.5 Å². The number of benzene rings is 2. The van der Waals surface area contributed by atoms with Gasteiger partial charge in [-0.25, -0.2) is 0 Å². The molecule has 0 N–H and O–H groups in total. The Kier molecular flexibility index (Phi) is 3.44. The minimum absolute atomic E-state index is 0.284. The Morgan fingerprint density at radius 2 is 1.67 bits per heavy atom. The Bertz CT molecular complexity index is 682. The van der Waals surface area contributed by atoms with Gasteiger partial charge in [0.25, 0.3) is 0 Å². The second kappa shape index (κ2) is 5.14. The maximum atomic E-state index is 12.2. The first-order valence-electron chi connectivity index (χ1n) is 7.70. The van der Waals surface area contributed by atoms with E-state index in [1.807, 2.05) is 0 Å². The molecule has 0 radical (unpaired) electrons. The van der Waals surface area contributed by atoms with Crippen LogP contribution in [0.5, 0.6) is 0 Å². The predicted molar refractivity (Wildman–Crippen MR) is 87.4 cm³/mol. The number of hydrogen-bond acceptors (Lipinski definition) is 1. The highest BCUT2D eigenvalue weighted by molar-refractivity contribution is 5.89. The summed E-state index contributed by atoms with van der Waals surface area (Å²) in [4.78, 5) is 12.2. The molecular formula is C20H22O. The molecule has 0 saturated heterocycles. The molecule has 0 bridgehead atoms. The first kappa shape index (κ1) is 14.1. The molecule has 0 heterocycles.